The zero-order chi connectivity index (χ0) is 13.6. The predicted octanol–water partition coefficient (Wildman–Crippen LogP) is -1.98. The second-order valence-corrected chi connectivity index (χ2v) is 4.32. The Morgan fingerprint density at radius 1 is 1.32 bits per heavy atom. The van der Waals surface area contributed by atoms with Crippen LogP contribution < -0.4 is 5.73 Å². The minimum absolute atomic E-state index is 0.0704. The van der Waals surface area contributed by atoms with Gasteiger partial charge in [-0.25, -0.2) is 9.97 Å². The molecule has 2 unspecified atom stereocenters. The molecule has 0 aromatic carbocycles. The molecule has 1 aliphatic rings. The summed E-state index contributed by atoms with van der Waals surface area (Å²) in [6.07, 6.45) is -1.23. The number of hydrogen-bond acceptors (Lipinski definition) is 8. The van der Waals surface area contributed by atoms with Crippen molar-refractivity contribution in [1.82, 2.24) is 19.5 Å². The Kier molecular flexibility index (Phi) is 2.82. The molecule has 3 heterocycles. The van der Waals surface area contributed by atoms with Crippen molar-refractivity contribution in [2.24, 2.45) is 0 Å². The van der Waals surface area contributed by atoms with E-state index in [1.807, 2.05) is 0 Å². The van der Waals surface area contributed by atoms with Gasteiger partial charge in [0.1, 0.15) is 23.8 Å². The van der Waals surface area contributed by atoms with E-state index in [9.17, 15) is 10.2 Å². The summed E-state index contributed by atoms with van der Waals surface area (Å²) >= 11 is 0. The third-order valence-electron chi connectivity index (χ3n) is 3.13. The Hall–Kier alpha value is -1.81. The zero-order valence-electron chi connectivity index (χ0n) is 9.79. The quantitative estimate of drug-likeness (QED) is 0.491. The molecule has 1 aliphatic heterocycles. The van der Waals surface area contributed by atoms with Crippen LogP contribution in [0, 0.1) is 0 Å². The van der Waals surface area contributed by atoms with E-state index in [0.29, 0.717) is 11.2 Å². The van der Waals surface area contributed by atoms with Gasteiger partial charge in [0.2, 0.25) is 5.95 Å². The highest BCUT2D eigenvalue weighted by atomic mass is 16.6. The van der Waals surface area contributed by atoms with Gasteiger partial charge in [0.05, 0.1) is 19.1 Å². The number of hydrogen-bond donors (Lipinski definition) is 4. The van der Waals surface area contributed by atoms with Crippen molar-refractivity contribution >= 4 is 17.1 Å². The van der Waals surface area contributed by atoms with Crippen molar-refractivity contribution < 1.29 is 20.1 Å². The van der Waals surface area contributed by atoms with Gasteiger partial charge < -0.3 is 25.8 Å². The summed E-state index contributed by atoms with van der Waals surface area (Å²) in [6.45, 7) is -0.390. The maximum atomic E-state index is 9.95. The van der Waals surface area contributed by atoms with E-state index in [0.717, 1.165) is 0 Å². The molecule has 0 radical (unpaired) electrons. The van der Waals surface area contributed by atoms with E-state index in [1.54, 1.807) is 0 Å². The van der Waals surface area contributed by atoms with Crippen molar-refractivity contribution in [3.8, 4) is 0 Å². The number of nitrogens with zero attached hydrogens (tertiary/aromatic N) is 4. The van der Waals surface area contributed by atoms with Crippen LogP contribution in [0.5, 0.6) is 0 Å². The first-order valence-corrected chi connectivity index (χ1v) is 5.69. The first-order chi connectivity index (χ1) is 9.11. The van der Waals surface area contributed by atoms with Crippen LogP contribution in [-0.2, 0) is 4.74 Å². The molecule has 0 bridgehead atoms. The van der Waals surface area contributed by atoms with E-state index < -0.39 is 31.1 Å². The number of fused-ring (bicyclic) bond motifs is 1. The van der Waals surface area contributed by atoms with Crippen molar-refractivity contribution in [1.29, 1.82) is 0 Å². The summed E-state index contributed by atoms with van der Waals surface area (Å²) in [5.41, 5.74) is 6.39. The summed E-state index contributed by atoms with van der Waals surface area (Å²) in [6, 6.07) is 0. The van der Waals surface area contributed by atoms with Gasteiger partial charge in [0, 0.05) is 0 Å². The summed E-state index contributed by atoms with van der Waals surface area (Å²) in [5.74, 6) is 0.0704. The van der Waals surface area contributed by atoms with Crippen LogP contribution in [0.25, 0.3) is 11.2 Å². The average molecular weight is 267 g/mol. The molecule has 9 nitrogen and oxygen atoms in total. The molecule has 4 atom stereocenters. The lowest BCUT2D eigenvalue weighted by Crippen LogP contribution is -2.33. The first-order valence-electron chi connectivity index (χ1n) is 5.69. The van der Waals surface area contributed by atoms with E-state index >= 15 is 0 Å². The predicted molar refractivity (Wildman–Crippen MR) is 62.7 cm³/mol. The lowest BCUT2D eigenvalue weighted by molar-refractivity contribution is -0.0511. The molecule has 3 rings (SSSR count). The topological polar surface area (TPSA) is 140 Å². The molecule has 0 spiro atoms. The van der Waals surface area contributed by atoms with Crippen LogP contribution in [0.4, 0.5) is 5.95 Å². The molecule has 9 heteroatoms. The van der Waals surface area contributed by atoms with Gasteiger partial charge in [-0.2, -0.15) is 4.98 Å². The highest BCUT2D eigenvalue weighted by Gasteiger charge is 2.43. The van der Waals surface area contributed by atoms with E-state index in [4.69, 9.17) is 15.6 Å². The van der Waals surface area contributed by atoms with E-state index in [-0.39, 0.29) is 5.95 Å². The van der Waals surface area contributed by atoms with Gasteiger partial charge in [-0.15, -0.1) is 0 Å². The molecule has 19 heavy (non-hydrogen) atoms. The maximum Gasteiger partial charge on any atom is 0.222 e. The second kappa shape index (κ2) is 4.38. The monoisotopic (exact) mass is 267 g/mol. The van der Waals surface area contributed by atoms with Gasteiger partial charge in [-0.3, -0.25) is 4.57 Å². The molecule has 0 aliphatic carbocycles. The Morgan fingerprint density at radius 2 is 2.11 bits per heavy atom. The number of aromatic nitrogens is 4. The smallest absolute Gasteiger partial charge is 0.222 e. The molecular weight excluding hydrogens is 254 g/mol. The molecule has 102 valence electrons. The van der Waals surface area contributed by atoms with E-state index in [2.05, 4.69) is 15.0 Å². The lowest BCUT2D eigenvalue weighted by Gasteiger charge is -2.16. The van der Waals surface area contributed by atoms with Crippen LogP contribution >= 0.6 is 0 Å². The molecule has 0 amide bonds. The number of ether oxygens (including phenoxy) is 1. The lowest BCUT2D eigenvalue weighted by atomic mass is 10.1. The third-order valence-corrected chi connectivity index (χ3v) is 3.13. The van der Waals surface area contributed by atoms with Crippen molar-refractivity contribution in [3.63, 3.8) is 0 Å². The first kappa shape index (κ1) is 12.2. The van der Waals surface area contributed by atoms with Crippen LogP contribution in [0.15, 0.2) is 12.5 Å². The fourth-order valence-corrected chi connectivity index (χ4v) is 2.14. The number of anilines is 1. The van der Waals surface area contributed by atoms with Crippen LogP contribution in [0.2, 0.25) is 0 Å². The number of aliphatic hydroxyl groups is 3. The van der Waals surface area contributed by atoms with Gasteiger partial charge in [0.25, 0.3) is 0 Å². The minimum atomic E-state index is -1.19. The normalized spacial score (nSPS) is 31.1. The summed E-state index contributed by atoms with van der Waals surface area (Å²) < 4.78 is 6.85. The number of imidazole rings is 1. The van der Waals surface area contributed by atoms with Crippen LogP contribution in [0.3, 0.4) is 0 Å². The maximum absolute atomic E-state index is 9.95. The summed E-state index contributed by atoms with van der Waals surface area (Å²) in [4.78, 5) is 11.9. The number of nitrogen functional groups attached to an aromatic ring is 1. The van der Waals surface area contributed by atoms with Gasteiger partial charge in [-0.05, 0) is 0 Å². The molecule has 0 saturated carbocycles. The third kappa shape index (κ3) is 1.83. The Bertz CT molecular complexity index is 603. The summed E-state index contributed by atoms with van der Waals surface area (Å²) in [7, 11) is 0. The molecular formula is C10H13N5O4. The SMILES string of the molecule is Nc1ncc2ncn([C@@H]3O[C@H](CO)C(O)C3O)c2n1. The molecule has 5 N–H and O–H groups in total. The Labute approximate surface area is 107 Å². The second-order valence-electron chi connectivity index (χ2n) is 4.32. The number of rotatable bonds is 2. The van der Waals surface area contributed by atoms with E-state index in [1.165, 1.54) is 17.1 Å². The zero-order valence-corrected chi connectivity index (χ0v) is 9.79. The number of nitrogens with two attached hydrogens (primary N) is 1. The van der Waals surface area contributed by atoms with Gasteiger partial charge in [-0.1, -0.05) is 0 Å². The average Bonchev–Trinajstić information content (AvgIpc) is 2.92. The molecule has 1 fully saturated rings. The van der Waals surface area contributed by atoms with Crippen LogP contribution in [0.1, 0.15) is 6.23 Å². The largest absolute Gasteiger partial charge is 0.394 e. The van der Waals surface area contributed by atoms with Crippen molar-refractivity contribution in [2.75, 3.05) is 12.3 Å². The number of aliphatic hydroxyl groups excluding tert-OH is 3. The van der Waals surface area contributed by atoms with Crippen molar-refractivity contribution in [2.45, 2.75) is 24.5 Å². The Morgan fingerprint density at radius 3 is 2.79 bits per heavy atom. The highest BCUT2D eigenvalue weighted by molar-refractivity contribution is 5.70. The highest BCUT2D eigenvalue weighted by Crippen LogP contribution is 2.31. The van der Waals surface area contributed by atoms with Crippen molar-refractivity contribution in [3.05, 3.63) is 12.5 Å². The molecule has 1 saturated heterocycles. The van der Waals surface area contributed by atoms with Gasteiger partial charge >= 0.3 is 0 Å². The molecule has 2 aromatic rings. The minimum Gasteiger partial charge on any atom is -0.394 e. The fourth-order valence-electron chi connectivity index (χ4n) is 2.14. The summed E-state index contributed by atoms with van der Waals surface area (Å²) in [5, 5.41) is 28.7. The fraction of sp³-hybridized carbons (Fsp3) is 0.500. The van der Waals surface area contributed by atoms with Crippen LogP contribution in [-0.4, -0.2) is 59.8 Å². The Balaban J connectivity index is 2.03. The molecule has 2 aromatic heterocycles. The van der Waals surface area contributed by atoms with Gasteiger partial charge in [0.15, 0.2) is 11.9 Å². The standard InChI is InChI=1S/C10H13N5O4/c11-10-12-1-4-8(14-10)15(3-13-4)9-7(18)6(17)5(2-16)19-9/h1,3,5-7,9,16-18H,2H2,(H2,11,12,14)/t5-,6?,7?,9-/m1/s1.